The van der Waals surface area contributed by atoms with Crippen LogP contribution in [0.5, 0.6) is 0 Å². The Kier molecular flexibility index (Phi) is 5.74. The third kappa shape index (κ3) is 5.19. The molecule has 0 radical (unpaired) electrons. The summed E-state index contributed by atoms with van der Waals surface area (Å²) in [4.78, 5) is 4.15. The van der Waals surface area contributed by atoms with Gasteiger partial charge in [-0.05, 0) is 24.0 Å². The van der Waals surface area contributed by atoms with Gasteiger partial charge in [-0.25, -0.2) is 4.98 Å². The second-order valence-corrected chi connectivity index (χ2v) is 4.63. The van der Waals surface area contributed by atoms with Gasteiger partial charge in [0.25, 0.3) is 6.08 Å². The van der Waals surface area contributed by atoms with Crippen LogP contribution >= 0.6 is 23.3 Å². The van der Waals surface area contributed by atoms with Crippen LogP contribution in [0.25, 0.3) is 0 Å². The lowest BCUT2D eigenvalue weighted by molar-refractivity contribution is 0.178. The Labute approximate surface area is 94.7 Å². The van der Waals surface area contributed by atoms with Gasteiger partial charge < -0.3 is 4.74 Å². The Morgan fingerprint density at radius 3 is 3.07 bits per heavy atom. The number of ether oxygens (including phenoxy) is 1. The van der Waals surface area contributed by atoms with E-state index in [1.807, 2.05) is 0 Å². The summed E-state index contributed by atoms with van der Waals surface area (Å²) >= 11 is 2.68. The number of rotatable bonds is 6. The average molecular weight is 252 g/mol. The highest BCUT2D eigenvalue weighted by Crippen LogP contribution is 2.21. The molecular weight excluding hydrogens is 242 g/mol. The molecular formula is C8H10F2N2OS2. The number of aromatic nitrogens is 2. The highest BCUT2D eigenvalue weighted by atomic mass is 32.2. The second-order valence-electron chi connectivity index (χ2n) is 2.54. The van der Waals surface area contributed by atoms with Crippen molar-refractivity contribution in [1.82, 2.24) is 9.36 Å². The van der Waals surface area contributed by atoms with Gasteiger partial charge in [0.05, 0.1) is 0 Å². The summed E-state index contributed by atoms with van der Waals surface area (Å²) in [6.07, 6.45) is -0.385. The summed E-state index contributed by atoms with van der Waals surface area (Å²) in [6.45, 7) is 0.385. The molecule has 0 N–H and O–H groups in total. The van der Waals surface area contributed by atoms with E-state index in [2.05, 4.69) is 9.36 Å². The Morgan fingerprint density at radius 1 is 1.60 bits per heavy atom. The molecule has 15 heavy (non-hydrogen) atoms. The van der Waals surface area contributed by atoms with Crippen LogP contribution < -0.4 is 0 Å². The van der Waals surface area contributed by atoms with Gasteiger partial charge in [0.2, 0.25) is 0 Å². The van der Waals surface area contributed by atoms with Crippen LogP contribution in [0.15, 0.2) is 16.5 Å². The molecule has 0 saturated carbocycles. The fraction of sp³-hybridized carbons (Fsp3) is 0.500. The summed E-state index contributed by atoms with van der Waals surface area (Å²) in [6, 6.07) is 0. The van der Waals surface area contributed by atoms with E-state index >= 15 is 0 Å². The summed E-state index contributed by atoms with van der Waals surface area (Å²) in [5.41, 5.74) is 0. The topological polar surface area (TPSA) is 35.0 Å². The van der Waals surface area contributed by atoms with Crippen molar-refractivity contribution >= 4 is 23.3 Å². The first-order chi connectivity index (χ1) is 7.22. The number of hydrogen-bond donors (Lipinski definition) is 0. The molecule has 0 saturated heterocycles. The van der Waals surface area contributed by atoms with Gasteiger partial charge >= 0.3 is 0 Å². The monoisotopic (exact) mass is 252 g/mol. The van der Waals surface area contributed by atoms with E-state index in [-0.39, 0.29) is 0 Å². The molecule has 0 bridgehead atoms. The molecule has 1 heterocycles. The van der Waals surface area contributed by atoms with Crippen LogP contribution in [-0.2, 0) is 11.3 Å². The first-order valence-corrected chi connectivity index (χ1v) is 5.93. The number of halogens is 2. The summed E-state index contributed by atoms with van der Waals surface area (Å²) < 4.78 is 33.0. The molecule has 1 aromatic rings. The number of allylic oxidation sites excluding steroid dienone is 1. The van der Waals surface area contributed by atoms with Gasteiger partial charge in [-0.2, -0.15) is 13.2 Å². The number of thioether (sulfide) groups is 1. The molecule has 0 aliphatic carbocycles. The Bertz CT molecular complexity index is 326. The molecule has 3 nitrogen and oxygen atoms in total. The van der Waals surface area contributed by atoms with Crippen molar-refractivity contribution in [2.75, 3.05) is 12.9 Å². The van der Waals surface area contributed by atoms with Crippen LogP contribution in [0.3, 0.4) is 0 Å². The van der Waals surface area contributed by atoms with Gasteiger partial charge in [-0.1, -0.05) is 11.8 Å². The molecule has 84 valence electrons. The number of hydrogen-bond acceptors (Lipinski definition) is 5. The maximum atomic E-state index is 11.7. The number of nitrogens with zero attached hydrogens (tertiary/aromatic N) is 2. The van der Waals surface area contributed by atoms with Crippen molar-refractivity contribution in [2.45, 2.75) is 17.4 Å². The Morgan fingerprint density at radius 2 is 2.40 bits per heavy atom. The summed E-state index contributed by atoms with van der Waals surface area (Å²) in [5.74, 6) is 1.22. The van der Waals surface area contributed by atoms with Gasteiger partial charge in [0.15, 0.2) is 10.2 Å². The molecule has 0 fully saturated rings. The highest BCUT2D eigenvalue weighted by Gasteiger charge is 2.03. The molecule has 0 atom stereocenters. The third-order valence-corrected chi connectivity index (χ3v) is 3.27. The smallest absolute Gasteiger partial charge is 0.266 e. The lowest BCUT2D eigenvalue weighted by Gasteiger charge is -1.91. The maximum Gasteiger partial charge on any atom is 0.266 e. The van der Waals surface area contributed by atoms with Gasteiger partial charge in [0, 0.05) is 12.9 Å². The van der Waals surface area contributed by atoms with E-state index in [0.717, 1.165) is 10.4 Å². The molecule has 0 aromatic carbocycles. The normalized spacial score (nSPS) is 10.3. The number of methoxy groups -OCH3 is 1. The van der Waals surface area contributed by atoms with Crippen LogP contribution in [0.4, 0.5) is 8.78 Å². The fourth-order valence-electron chi connectivity index (χ4n) is 0.799. The minimum atomic E-state index is -1.63. The summed E-state index contributed by atoms with van der Waals surface area (Å²) in [7, 11) is 1.57. The zero-order chi connectivity index (χ0) is 11.1. The first-order valence-electron chi connectivity index (χ1n) is 4.18. The largest absolute Gasteiger partial charge is 0.377 e. The van der Waals surface area contributed by atoms with E-state index in [4.69, 9.17) is 4.74 Å². The van der Waals surface area contributed by atoms with Crippen molar-refractivity contribution in [3.8, 4) is 0 Å². The predicted octanol–water partition coefficient (Wildman–Crippen LogP) is 2.95. The zero-order valence-corrected chi connectivity index (χ0v) is 9.71. The predicted molar refractivity (Wildman–Crippen MR) is 56.3 cm³/mol. The molecule has 1 aromatic heterocycles. The van der Waals surface area contributed by atoms with E-state index in [1.165, 1.54) is 23.3 Å². The SMILES string of the molecule is COCc1nsc(SCCC=C(F)F)n1. The van der Waals surface area contributed by atoms with Crippen molar-refractivity contribution in [3.63, 3.8) is 0 Å². The highest BCUT2D eigenvalue weighted by molar-refractivity contribution is 8.00. The molecule has 7 heteroatoms. The van der Waals surface area contributed by atoms with E-state index in [9.17, 15) is 8.78 Å². The minimum absolute atomic E-state index is 0.339. The van der Waals surface area contributed by atoms with Crippen LogP contribution in [0.1, 0.15) is 12.2 Å². The molecule has 0 unspecified atom stereocenters. The Hall–Kier alpha value is -0.530. The first kappa shape index (κ1) is 12.5. The van der Waals surface area contributed by atoms with E-state index in [1.54, 1.807) is 7.11 Å². The van der Waals surface area contributed by atoms with Gasteiger partial charge in [0.1, 0.15) is 6.61 Å². The molecule has 0 aliphatic heterocycles. The van der Waals surface area contributed by atoms with Gasteiger partial charge in [-0.3, -0.25) is 0 Å². The van der Waals surface area contributed by atoms with E-state index in [0.29, 0.717) is 24.6 Å². The zero-order valence-electron chi connectivity index (χ0n) is 8.07. The van der Waals surface area contributed by atoms with Gasteiger partial charge in [-0.15, -0.1) is 0 Å². The molecule has 1 rings (SSSR count). The molecule has 0 aliphatic rings. The van der Waals surface area contributed by atoms with Crippen LogP contribution in [0.2, 0.25) is 0 Å². The quantitative estimate of drug-likeness (QED) is 0.576. The standard InChI is InChI=1S/C8H10F2N2OS2/c1-13-5-7-11-8(15-12-7)14-4-2-3-6(9)10/h3H,2,4-5H2,1H3. The van der Waals surface area contributed by atoms with Crippen molar-refractivity contribution in [1.29, 1.82) is 0 Å². The fourth-order valence-corrected chi connectivity index (χ4v) is 2.37. The van der Waals surface area contributed by atoms with Crippen molar-refractivity contribution < 1.29 is 13.5 Å². The average Bonchev–Trinajstić information content (AvgIpc) is 2.61. The second kappa shape index (κ2) is 6.86. The minimum Gasteiger partial charge on any atom is -0.377 e. The van der Waals surface area contributed by atoms with Crippen LogP contribution in [-0.4, -0.2) is 22.2 Å². The van der Waals surface area contributed by atoms with Crippen molar-refractivity contribution in [3.05, 3.63) is 18.0 Å². The summed E-state index contributed by atoms with van der Waals surface area (Å²) in [5, 5.41) is 0. The lowest BCUT2D eigenvalue weighted by Crippen LogP contribution is -1.89. The lowest BCUT2D eigenvalue weighted by atomic mass is 10.5. The van der Waals surface area contributed by atoms with Crippen LogP contribution in [0, 0.1) is 0 Å². The van der Waals surface area contributed by atoms with E-state index < -0.39 is 6.08 Å². The molecule has 0 amide bonds. The third-order valence-electron chi connectivity index (χ3n) is 1.36. The molecule has 0 spiro atoms. The van der Waals surface area contributed by atoms with Crippen molar-refractivity contribution in [2.24, 2.45) is 0 Å². The maximum absolute atomic E-state index is 11.7. The Balaban J connectivity index is 2.28.